The number of nitrogens with zero attached hydrogens (tertiary/aromatic N) is 2. The molecule has 2 fully saturated rings. The van der Waals surface area contributed by atoms with E-state index in [1.165, 1.54) is 36.4 Å². The van der Waals surface area contributed by atoms with Crippen molar-refractivity contribution >= 4 is 15.9 Å². The lowest BCUT2D eigenvalue weighted by Gasteiger charge is -2.46. The molecule has 1 saturated heterocycles. The number of aliphatic hydroxyl groups is 1. The summed E-state index contributed by atoms with van der Waals surface area (Å²) in [4.78, 5) is 15.6. The summed E-state index contributed by atoms with van der Waals surface area (Å²) in [5.74, 6) is 1.72. The average molecular weight is 538 g/mol. The molecule has 1 saturated carbocycles. The van der Waals surface area contributed by atoms with E-state index < -0.39 is 16.1 Å². The number of sulfonamides is 1. The van der Waals surface area contributed by atoms with Gasteiger partial charge in [0.05, 0.1) is 24.2 Å². The number of benzene rings is 1. The number of β-amino-alcohol motifs (C(OH)–C–C–N with tert-alkyl or cyclic N) is 1. The predicted octanol–water partition coefficient (Wildman–Crippen LogP) is 3.50. The Labute approximate surface area is 223 Å². The Morgan fingerprint density at radius 2 is 1.76 bits per heavy atom. The van der Waals surface area contributed by atoms with Crippen LogP contribution in [0.15, 0.2) is 29.2 Å². The SMILES string of the molecule is COc1ccc(S(=O)(=O)N(CC(C)C)C[C@H](O)CN2C[C@H]3CCCC[C@H]3C[C@H]2C(=O)NC(C)(C)C)cc1. The zero-order valence-corrected chi connectivity index (χ0v) is 24.3. The summed E-state index contributed by atoms with van der Waals surface area (Å²) in [6.45, 7) is 11.2. The molecule has 4 atom stereocenters. The number of likely N-dealkylation sites (tertiary alicyclic amines) is 1. The number of hydrogen-bond donors (Lipinski definition) is 2. The van der Waals surface area contributed by atoms with Crippen LogP contribution in [0.2, 0.25) is 0 Å². The highest BCUT2D eigenvalue weighted by Crippen LogP contribution is 2.39. The van der Waals surface area contributed by atoms with Gasteiger partial charge in [0.1, 0.15) is 5.75 Å². The second kappa shape index (κ2) is 12.5. The summed E-state index contributed by atoms with van der Waals surface area (Å²) in [5, 5.41) is 14.3. The van der Waals surface area contributed by atoms with E-state index in [2.05, 4.69) is 10.2 Å². The van der Waals surface area contributed by atoms with Gasteiger partial charge in [-0.05, 0) is 75.6 Å². The Balaban J connectivity index is 1.77. The maximum atomic E-state index is 13.5. The maximum Gasteiger partial charge on any atom is 0.243 e. The molecule has 0 unspecified atom stereocenters. The van der Waals surface area contributed by atoms with Crippen molar-refractivity contribution in [2.75, 3.05) is 33.3 Å². The van der Waals surface area contributed by atoms with Crippen molar-refractivity contribution in [1.82, 2.24) is 14.5 Å². The van der Waals surface area contributed by atoms with Crippen molar-refractivity contribution < 1.29 is 23.1 Å². The van der Waals surface area contributed by atoms with Crippen LogP contribution in [0.3, 0.4) is 0 Å². The van der Waals surface area contributed by atoms with Gasteiger partial charge in [0.25, 0.3) is 0 Å². The molecule has 2 aliphatic rings. The third-order valence-electron chi connectivity index (χ3n) is 7.43. The molecular formula is C28H47N3O5S. The lowest BCUT2D eigenvalue weighted by molar-refractivity contribution is -0.132. The van der Waals surface area contributed by atoms with Crippen LogP contribution in [0.4, 0.5) is 0 Å². The molecule has 1 amide bonds. The van der Waals surface area contributed by atoms with Crippen LogP contribution in [-0.4, -0.2) is 79.6 Å². The highest BCUT2D eigenvalue weighted by atomic mass is 32.2. The van der Waals surface area contributed by atoms with Crippen molar-refractivity contribution in [1.29, 1.82) is 0 Å². The van der Waals surface area contributed by atoms with Crippen LogP contribution in [0.25, 0.3) is 0 Å². The smallest absolute Gasteiger partial charge is 0.243 e. The van der Waals surface area contributed by atoms with Gasteiger partial charge in [-0.2, -0.15) is 4.31 Å². The fraction of sp³-hybridized carbons (Fsp3) is 0.750. The molecule has 1 aromatic rings. The Hall–Kier alpha value is -1.68. The fourth-order valence-electron chi connectivity index (χ4n) is 5.77. The number of piperidine rings is 1. The highest BCUT2D eigenvalue weighted by molar-refractivity contribution is 7.89. The van der Waals surface area contributed by atoms with Crippen LogP contribution in [0, 0.1) is 17.8 Å². The van der Waals surface area contributed by atoms with Crippen LogP contribution in [0.1, 0.15) is 66.7 Å². The monoisotopic (exact) mass is 537 g/mol. The average Bonchev–Trinajstić information content (AvgIpc) is 2.81. The zero-order valence-electron chi connectivity index (χ0n) is 23.4. The van der Waals surface area contributed by atoms with E-state index in [9.17, 15) is 18.3 Å². The molecule has 1 heterocycles. The van der Waals surface area contributed by atoms with Gasteiger partial charge in [-0.25, -0.2) is 8.42 Å². The van der Waals surface area contributed by atoms with E-state index in [1.54, 1.807) is 12.1 Å². The molecule has 0 radical (unpaired) electrons. The molecular weight excluding hydrogens is 490 g/mol. The van der Waals surface area contributed by atoms with Crippen molar-refractivity contribution in [3.05, 3.63) is 24.3 Å². The highest BCUT2D eigenvalue weighted by Gasteiger charge is 2.41. The molecule has 1 aromatic carbocycles. The van der Waals surface area contributed by atoms with Crippen molar-refractivity contribution in [2.45, 2.75) is 89.3 Å². The molecule has 2 N–H and O–H groups in total. The van der Waals surface area contributed by atoms with Gasteiger partial charge < -0.3 is 15.2 Å². The van der Waals surface area contributed by atoms with Crippen molar-refractivity contribution in [3.63, 3.8) is 0 Å². The van der Waals surface area contributed by atoms with Crippen LogP contribution >= 0.6 is 0 Å². The lowest BCUT2D eigenvalue weighted by atomic mass is 9.72. The summed E-state index contributed by atoms with van der Waals surface area (Å²) >= 11 is 0. The van der Waals surface area contributed by atoms with E-state index in [1.807, 2.05) is 34.6 Å². The standard InChI is InChI=1S/C28H47N3O5S/c1-20(2)16-31(37(34,35)25-13-11-24(36-6)12-14-25)19-23(32)18-30-17-22-10-8-7-9-21(22)15-26(30)27(33)29-28(3,4)5/h11-14,20-23,26,32H,7-10,15-19H2,1-6H3,(H,29,33)/t21-,22+,23+,26-/m0/s1. The third-order valence-corrected chi connectivity index (χ3v) is 9.27. The van der Waals surface area contributed by atoms with Crippen LogP contribution in [-0.2, 0) is 14.8 Å². The molecule has 1 aliphatic heterocycles. The number of amides is 1. The Morgan fingerprint density at radius 3 is 2.32 bits per heavy atom. The van der Waals surface area contributed by atoms with Gasteiger partial charge in [-0.15, -0.1) is 0 Å². The van der Waals surface area contributed by atoms with Gasteiger partial charge in [0.2, 0.25) is 15.9 Å². The van der Waals surface area contributed by atoms with Crippen molar-refractivity contribution in [3.8, 4) is 5.75 Å². The minimum Gasteiger partial charge on any atom is -0.497 e. The van der Waals surface area contributed by atoms with Crippen LogP contribution in [0.5, 0.6) is 5.75 Å². The van der Waals surface area contributed by atoms with E-state index in [0.717, 1.165) is 25.8 Å². The fourth-order valence-corrected chi connectivity index (χ4v) is 7.41. The molecule has 8 nitrogen and oxygen atoms in total. The topological polar surface area (TPSA) is 99.2 Å². The summed E-state index contributed by atoms with van der Waals surface area (Å²) in [5.41, 5.74) is -0.342. The lowest BCUT2D eigenvalue weighted by Crippen LogP contribution is -2.59. The third kappa shape index (κ3) is 8.15. The second-order valence-corrected chi connectivity index (χ2v) is 14.2. The summed E-state index contributed by atoms with van der Waals surface area (Å²) in [6.07, 6.45) is 4.60. The summed E-state index contributed by atoms with van der Waals surface area (Å²) in [7, 11) is -2.27. The number of fused-ring (bicyclic) bond motifs is 1. The predicted molar refractivity (Wildman–Crippen MR) is 146 cm³/mol. The van der Waals surface area contributed by atoms with Gasteiger partial charge in [-0.3, -0.25) is 9.69 Å². The first-order valence-corrected chi connectivity index (χ1v) is 15.1. The maximum absolute atomic E-state index is 13.5. The van der Waals surface area contributed by atoms with Gasteiger partial charge >= 0.3 is 0 Å². The molecule has 0 aromatic heterocycles. The van der Waals surface area contributed by atoms with E-state index >= 15 is 0 Å². The number of hydrogen-bond acceptors (Lipinski definition) is 6. The Bertz CT molecular complexity index is 990. The van der Waals surface area contributed by atoms with E-state index in [4.69, 9.17) is 4.74 Å². The Kier molecular flexibility index (Phi) is 10.1. The molecule has 0 spiro atoms. The number of methoxy groups -OCH3 is 1. The second-order valence-electron chi connectivity index (χ2n) is 12.3. The van der Waals surface area contributed by atoms with E-state index in [0.29, 0.717) is 24.1 Å². The first-order valence-electron chi connectivity index (χ1n) is 13.7. The normalized spacial score (nSPS) is 24.1. The molecule has 1 aliphatic carbocycles. The summed E-state index contributed by atoms with van der Waals surface area (Å²) < 4.78 is 33.6. The van der Waals surface area contributed by atoms with Gasteiger partial charge in [0.15, 0.2) is 0 Å². The number of carbonyl (C=O) groups excluding carboxylic acids is 1. The number of aliphatic hydroxyl groups excluding tert-OH is 1. The molecule has 9 heteroatoms. The quantitative estimate of drug-likeness (QED) is 0.474. The molecule has 37 heavy (non-hydrogen) atoms. The first-order chi connectivity index (χ1) is 17.3. The largest absolute Gasteiger partial charge is 0.497 e. The van der Waals surface area contributed by atoms with E-state index in [-0.39, 0.29) is 41.4 Å². The Morgan fingerprint density at radius 1 is 1.14 bits per heavy atom. The summed E-state index contributed by atoms with van der Waals surface area (Å²) in [6, 6.07) is 6.01. The number of rotatable bonds is 10. The van der Waals surface area contributed by atoms with Crippen molar-refractivity contribution in [2.24, 2.45) is 17.8 Å². The number of ether oxygens (including phenoxy) is 1. The van der Waals surface area contributed by atoms with Crippen LogP contribution < -0.4 is 10.1 Å². The minimum atomic E-state index is -3.81. The van der Waals surface area contributed by atoms with Gasteiger partial charge in [0, 0.05) is 31.7 Å². The minimum absolute atomic E-state index is 0.00591. The zero-order chi connectivity index (χ0) is 27.4. The first kappa shape index (κ1) is 29.9. The molecule has 210 valence electrons. The number of carbonyl (C=O) groups is 1. The molecule has 3 rings (SSSR count). The van der Waals surface area contributed by atoms with Gasteiger partial charge in [-0.1, -0.05) is 33.1 Å². The molecule has 0 bridgehead atoms. The number of nitrogens with one attached hydrogen (secondary N) is 1.